The summed E-state index contributed by atoms with van der Waals surface area (Å²) in [5.74, 6) is 0. The molecule has 0 radical (unpaired) electrons. The van der Waals surface area contributed by atoms with E-state index in [1.165, 1.54) is 56.6 Å². The number of fused-ring (bicyclic) bond motifs is 6. The number of alkyl halides is 3. The number of nitriles is 2. The van der Waals surface area contributed by atoms with Gasteiger partial charge < -0.3 is 9.13 Å². The van der Waals surface area contributed by atoms with Gasteiger partial charge in [0.25, 0.3) is 0 Å². The molecule has 0 aliphatic heterocycles. The van der Waals surface area contributed by atoms with Crippen molar-refractivity contribution >= 4 is 43.6 Å². The third-order valence-corrected chi connectivity index (χ3v) is 13.9. The summed E-state index contributed by atoms with van der Waals surface area (Å²) in [5, 5.41) is 24.4. The zero-order valence-corrected chi connectivity index (χ0v) is 39.5. The van der Waals surface area contributed by atoms with E-state index in [1.54, 1.807) is 18.2 Å². The van der Waals surface area contributed by atoms with Crippen molar-refractivity contribution in [2.24, 2.45) is 0 Å². The quantitative estimate of drug-likeness (QED) is 0.167. The van der Waals surface area contributed by atoms with E-state index in [4.69, 9.17) is 0 Å². The standard InChI is InChI=1S/C63H45F3N4/c1-36-25-38(3)61(39(4)26-36)44-17-23-58-53(31-44)49-11-7-9-13-56(49)69(58)46-19-21-47(48-20-15-43(35-68)30-55(48)63(64,65)66)51(33-46)52-29-42(34-67)16-22-59(52)70-57-14-10-8-12-50(57)54-32-45(18-24-60(54)70)62-40(5)27-37(2)28-41(62)6/h7-33H,1-6H3. The summed E-state index contributed by atoms with van der Waals surface area (Å²) in [7, 11) is 0. The number of benzene rings is 9. The molecule has 7 heteroatoms. The normalized spacial score (nSPS) is 11.8. The molecule has 11 aromatic rings. The Labute approximate surface area is 404 Å². The van der Waals surface area contributed by atoms with E-state index in [1.807, 2.05) is 48.5 Å². The molecule has 0 spiro atoms. The fraction of sp³-hybridized carbons (Fsp3) is 0.111. The van der Waals surface area contributed by atoms with Crippen molar-refractivity contribution in [1.82, 2.24) is 9.13 Å². The maximum atomic E-state index is 15.3. The number of halogens is 3. The zero-order valence-electron chi connectivity index (χ0n) is 39.5. The van der Waals surface area contributed by atoms with E-state index in [2.05, 4.69) is 142 Å². The Morgan fingerprint density at radius 3 is 1.41 bits per heavy atom. The molecule has 0 saturated carbocycles. The lowest BCUT2D eigenvalue weighted by Gasteiger charge is -2.21. The Balaban J connectivity index is 1.21. The summed E-state index contributed by atoms with van der Waals surface area (Å²) in [6.07, 6.45) is -4.78. The Morgan fingerprint density at radius 1 is 0.400 bits per heavy atom. The van der Waals surface area contributed by atoms with Crippen LogP contribution < -0.4 is 0 Å². The minimum absolute atomic E-state index is 0.0761. The van der Waals surface area contributed by atoms with Crippen LogP contribution in [0.15, 0.2) is 164 Å². The van der Waals surface area contributed by atoms with Crippen LogP contribution in [-0.4, -0.2) is 9.13 Å². The van der Waals surface area contributed by atoms with Gasteiger partial charge in [0.05, 0.1) is 56.6 Å². The van der Waals surface area contributed by atoms with Gasteiger partial charge in [0.1, 0.15) is 0 Å². The van der Waals surface area contributed by atoms with Crippen molar-refractivity contribution in [3.05, 3.63) is 214 Å². The molecule has 0 atom stereocenters. The number of para-hydroxylation sites is 2. The van der Waals surface area contributed by atoms with Gasteiger partial charge in [0.2, 0.25) is 0 Å². The van der Waals surface area contributed by atoms with Gasteiger partial charge in [-0.15, -0.1) is 0 Å². The van der Waals surface area contributed by atoms with Gasteiger partial charge in [-0.05, 0) is 182 Å². The van der Waals surface area contributed by atoms with Crippen molar-refractivity contribution in [3.63, 3.8) is 0 Å². The Morgan fingerprint density at radius 2 is 0.871 bits per heavy atom. The number of aryl methyl sites for hydroxylation is 6. The molecule has 2 heterocycles. The van der Waals surface area contributed by atoms with Gasteiger partial charge in [-0.2, -0.15) is 23.7 Å². The first-order valence-corrected chi connectivity index (χ1v) is 23.3. The summed E-state index contributed by atoms with van der Waals surface area (Å²) in [4.78, 5) is 0. The third kappa shape index (κ3) is 7.13. The molecule has 9 aromatic carbocycles. The summed E-state index contributed by atoms with van der Waals surface area (Å²) < 4.78 is 50.2. The van der Waals surface area contributed by atoms with Crippen LogP contribution in [0.25, 0.3) is 99.5 Å². The van der Waals surface area contributed by atoms with E-state index in [9.17, 15) is 10.5 Å². The van der Waals surface area contributed by atoms with Crippen LogP contribution in [0.1, 0.15) is 50.1 Å². The number of rotatable bonds is 6. The molecule has 0 unspecified atom stereocenters. The lowest BCUT2D eigenvalue weighted by atomic mass is 9.89. The smallest absolute Gasteiger partial charge is 0.309 e. The molecule has 0 aliphatic carbocycles. The summed E-state index contributed by atoms with van der Waals surface area (Å²) in [6, 6.07) is 57.2. The molecule has 0 fully saturated rings. The third-order valence-electron chi connectivity index (χ3n) is 13.9. The SMILES string of the molecule is Cc1cc(C)c(-c2ccc3c(c2)c2ccccc2n3-c2ccc(-c3ccc(C#N)cc3C(F)(F)F)c(-c3cc(C#N)ccc3-n3c4ccccc4c4cc(-c5c(C)cc(C)cc5C)ccc43)c2)c(C)c1. The Kier molecular flexibility index (Phi) is 10.4. The first kappa shape index (κ1) is 43.9. The van der Waals surface area contributed by atoms with Crippen molar-refractivity contribution in [2.45, 2.75) is 47.7 Å². The van der Waals surface area contributed by atoms with Crippen molar-refractivity contribution < 1.29 is 13.2 Å². The van der Waals surface area contributed by atoms with Gasteiger partial charge in [0, 0.05) is 32.8 Å². The van der Waals surface area contributed by atoms with Crippen LogP contribution in [-0.2, 0) is 6.18 Å². The fourth-order valence-corrected chi connectivity index (χ4v) is 11.3. The summed E-state index contributed by atoms with van der Waals surface area (Å²) >= 11 is 0. The van der Waals surface area contributed by atoms with E-state index >= 15 is 13.2 Å². The van der Waals surface area contributed by atoms with Gasteiger partial charge in [-0.25, -0.2) is 0 Å². The first-order chi connectivity index (χ1) is 33.7. The molecule has 0 amide bonds. The lowest BCUT2D eigenvalue weighted by molar-refractivity contribution is -0.137. The van der Waals surface area contributed by atoms with Gasteiger partial charge >= 0.3 is 6.18 Å². The molecule has 70 heavy (non-hydrogen) atoms. The highest BCUT2D eigenvalue weighted by atomic mass is 19.4. The van der Waals surface area contributed by atoms with Gasteiger partial charge in [-0.1, -0.05) is 96.1 Å². The predicted octanol–water partition coefficient (Wildman–Crippen LogP) is 17.2. The van der Waals surface area contributed by atoms with Crippen LogP contribution in [0.2, 0.25) is 0 Å². The second kappa shape index (κ2) is 16.5. The molecular weight excluding hydrogens is 870 g/mol. The number of nitrogens with zero attached hydrogens (tertiary/aromatic N) is 4. The predicted molar refractivity (Wildman–Crippen MR) is 280 cm³/mol. The van der Waals surface area contributed by atoms with Crippen LogP contribution in [0.5, 0.6) is 0 Å². The van der Waals surface area contributed by atoms with Crippen LogP contribution in [0.4, 0.5) is 13.2 Å². The summed E-state index contributed by atoms with van der Waals surface area (Å²) in [6.45, 7) is 12.8. The van der Waals surface area contributed by atoms with Crippen LogP contribution in [0.3, 0.4) is 0 Å². The van der Waals surface area contributed by atoms with E-state index in [0.29, 0.717) is 27.9 Å². The van der Waals surface area contributed by atoms with E-state index in [-0.39, 0.29) is 11.1 Å². The Bertz CT molecular complexity index is 4050. The maximum Gasteiger partial charge on any atom is 0.417 e. The second-order valence-corrected chi connectivity index (χ2v) is 18.7. The largest absolute Gasteiger partial charge is 0.417 e. The lowest BCUT2D eigenvalue weighted by Crippen LogP contribution is -2.08. The maximum absolute atomic E-state index is 15.3. The number of hydrogen-bond acceptors (Lipinski definition) is 2. The molecule has 0 aliphatic rings. The first-order valence-electron chi connectivity index (χ1n) is 23.3. The van der Waals surface area contributed by atoms with Crippen molar-refractivity contribution in [2.75, 3.05) is 0 Å². The average Bonchev–Trinajstić information content (AvgIpc) is 3.85. The minimum atomic E-state index is -4.78. The van der Waals surface area contributed by atoms with Crippen molar-refractivity contribution in [1.29, 1.82) is 10.5 Å². The van der Waals surface area contributed by atoms with Crippen LogP contribution >= 0.6 is 0 Å². The van der Waals surface area contributed by atoms with Crippen molar-refractivity contribution in [3.8, 4) is 68.0 Å². The molecule has 4 nitrogen and oxygen atoms in total. The highest BCUT2D eigenvalue weighted by molar-refractivity contribution is 6.12. The van der Waals surface area contributed by atoms with Gasteiger partial charge in [0.15, 0.2) is 0 Å². The Hall–Kier alpha value is -8.65. The monoisotopic (exact) mass is 914 g/mol. The highest BCUT2D eigenvalue weighted by Gasteiger charge is 2.35. The molecule has 0 N–H and O–H groups in total. The van der Waals surface area contributed by atoms with E-state index in [0.717, 1.165) is 66.5 Å². The van der Waals surface area contributed by atoms with Crippen LogP contribution in [0, 0.1) is 64.2 Å². The molecule has 2 aromatic heterocycles. The molecule has 338 valence electrons. The van der Waals surface area contributed by atoms with E-state index < -0.39 is 11.7 Å². The number of hydrogen-bond donors (Lipinski definition) is 0. The number of aromatic nitrogens is 2. The van der Waals surface area contributed by atoms with Gasteiger partial charge in [-0.3, -0.25) is 0 Å². The average molecular weight is 915 g/mol. The molecular formula is C63H45F3N4. The zero-order chi connectivity index (χ0) is 48.7. The fourth-order valence-electron chi connectivity index (χ4n) is 11.3. The topological polar surface area (TPSA) is 57.4 Å². The summed E-state index contributed by atoms with van der Waals surface area (Å²) in [5.41, 5.74) is 17.4. The minimum Gasteiger partial charge on any atom is -0.309 e. The molecule has 11 rings (SSSR count). The molecule has 0 saturated heterocycles. The molecule has 0 bridgehead atoms. The highest BCUT2D eigenvalue weighted by Crippen LogP contribution is 2.47. The second-order valence-electron chi connectivity index (χ2n) is 18.7.